The summed E-state index contributed by atoms with van der Waals surface area (Å²) in [6.45, 7) is 2.44. The number of aliphatic hydroxyl groups is 1. The summed E-state index contributed by atoms with van der Waals surface area (Å²) < 4.78 is 0. The molecule has 2 N–H and O–H groups in total. The lowest BCUT2D eigenvalue weighted by Crippen LogP contribution is -2.30. The van der Waals surface area contributed by atoms with Gasteiger partial charge in [-0.2, -0.15) is 0 Å². The maximum Gasteiger partial charge on any atom is 0.324 e. The Bertz CT molecular complexity index is 596. The normalized spacial score (nSPS) is 10.2. The molecule has 26 heavy (non-hydrogen) atoms. The van der Waals surface area contributed by atoms with E-state index in [0.29, 0.717) is 30.4 Å². The Kier molecular flexibility index (Phi) is 11.1. The van der Waals surface area contributed by atoms with Gasteiger partial charge in [0.05, 0.1) is 33.5 Å². The molecule has 0 saturated heterocycles. The Morgan fingerprint density at radius 3 is 1.58 bits per heavy atom. The zero-order valence-electron chi connectivity index (χ0n) is 13.3. The van der Waals surface area contributed by atoms with Crippen LogP contribution in [0.4, 0.5) is 17.1 Å². The van der Waals surface area contributed by atoms with Crippen LogP contribution >= 0.6 is 23.2 Å². The van der Waals surface area contributed by atoms with Crippen molar-refractivity contribution < 1.29 is 25.0 Å². The van der Waals surface area contributed by atoms with Crippen LogP contribution in [0.15, 0.2) is 12.1 Å². The molecule has 0 spiro atoms. The van der Waals surface area contributed by atoms with Gasteiger partial charge in [-0.3, -0.25) is 35.2 Å². The van der Waals surface area contributed by atoms with E-state index in [0.717, 1.165) is 13.1 Å². The van der Waals surface area contributed by atoms with Crippen LogP contribution in [0.25, 0.3) is 0 Å². The second-order valence-electron chi connectivity index (χ2n) is 4.55. The Balaban J connectivity index is 0.000000541. The van der Waals surface area contributed by atoms with E-state index in [1.54, 1.807) is 0 Å². The van der Waals surface area contributed by atoms with Crippen molar-refractivity contribution in [2.45, 2.75) is 0 Å². The lowest BCUT2D eigenvalue weighted by Gasteiger charge is -2.17. The molecule has 146 valence electrons. The Morgan fingerprint density at radius 1 is 0.885 bits per heavy atom. The third kappa shape index (κ3) is 7.74. The molecule has 0 saturated carbocycles. The van der Waals surface area contributed by atoms with E-state index >= 15 is 0 Å². The SMILES string of the molecule is O=[N+]([O-])c1cc([N+](=O)[O-])c(O)c([N+](=O)[O-])c1.OCCN(CCCl)CCCl. The molecule has 1 rings (SSSR count). The fourth-order valence-corrected chi connectivity index (χ4v) is 2.17. The molecule has 0 atom stereocenters. The van der Waals surface area contributed by atoms with Crippen LogP contribution in [-0.2, 0) is 0 Å². The predicted octanol–water partition coefficient (Wildman–Crippen LogP) is 1.88. The first-order valence-electron chi connectivity index (χ1n) is 6.94. The predicted molar refractivity (Wildman–Crippen MR) is 93.0 cm³/mol. The average Bonchev–Trinajstić information content (AvgIpc) is 2.55. The van der Waals surface area contributed by atoms with E-state index in [4.69, 9.17) is 33.4 Å². The number of hydrogen-bond donors (Lipinski definition) is 2. The molecule has 14 heteroatoms. The molecule has 0 bridgehead atoms. The first kappa shape index (κ1) is 23.7. The number of aromatic hydroxyl groups is 1. The zero-order valence-corrected chi connectivity index (χ0v) is 14.8. The van der Waals surface area contributed by atoms with Crippen molar-refractivity contribution in [3.8, 4) is 5.75 Å². The maximum absolute atomic E-state index is 10.4. The third-order valence-corrected chi connectivity index (χ3v) is 3.21. The van der Waals surface area contributed by atoms with Crippen LogP contribution in [-0.4, -0.2) is 67.9 Å². The van der Waals surface area contributed by atoms with Gasteiger partial charge < -0.3 is 10.2 Å². The molecule has 0 radical (unpaired) electrons. The Morgan fingerprint density at radius 2 is 1.31 bits per heavy atom. The van der Waals surface area contributed by atoms with Crippen molar-refractivity contribution in [3.05, 3.63) is 42.5 Å². The van der Waals surface area contributed by atoms with Gasteiger partial charge in [0, 0.05) is 31.4 Å². The number of nitrogens with zero attached hydrogens (tertiary/aromatic N) is 4. The molecule has 0 aromatic heterocycles. The largest absolute Gasteiger partial charge is 0.497 e. The highest BCUT2D eigenvalue weighted by molar-refractivity contribution is 6.18. The average molecular weight is 415 g/mol. The van der Waals surface area contributed by atoms with E-state index in [1.165, 1.54) is 0 Å². The van der Waals surface area contributed by atoms with Gasteiger partial charge in [-0.05, 0) is 0 Å². The minimum absolute atomic E-state index is 0.174. The molecular formula is C12H16Cl2N4O8. The standard InChI is InChI=1S/C6H13Cl2NO.C6H3N3O7/c7-1-3-9(4-2-8)5-6-10;10-6-4(8(13)14)1-3(7(11)12)2-5(6)9(15)16/h10H,1-6H2;1-2,10H. The van der Waals surface area contributed by atoms with Gasteiger partial charge in [0.2, 0.25) is 0 Å². The molecular weight excluding hydrogens is 399 g/mol. The number of nitro groups is 3. The summed E-state index contributed by atoms with van der Waals surface area (Å²) in [5, 5.41) is 48.8. The smallest absolute Gasteiger partial charge is 0.324 e. The summed E-state index contributed by atoms with van der Waals surface area (Å²) >= 11 is 11.0. The zero-order chi connectivity index (χ0) is 20.3. The molecule has 12 nitrogen and oxygen atoms in total. The highest BCUT2D eigenvalue weighted by Crippen LogP contribution is 2.38. The Hall–Kier alpha value is -2.28. The molecule has 0 aliphatic heterocycles. The Labute approximate surface area is 157 Å². The number of hydrogen-bond acceptors (Lipinski definition) is 9. The van der Waals surface area contributed by atoms with Gasteiger partial charge in [-0.25, -0.2) is 0 Å². The quantitative estimate of drug-likeness (QED) is 0.347. The molecule has 0 amide bonds. The van der Waals surface area contributed by atoms with Crippen LogP contribution in [0.3, 0.4) is 0 Å². The summed E-state index contributed by atoms with van der Waals surface area (Å²) in [7, 11) is 0. The van der Waals surface area contributed by atoms with Crippen LogP contribution in [0.1, 0.15) is 0 Å². The number of halogens is 2. The minimum atomic E-state index is -1.21. The number of phenolic OH excluding ortho intramolecular Hbond substituents is 1. The third-order valence-electron chi connectivity index (χ3n) is 2.88. The van der Waals surface area contributed by atoms with E-state index in [-0.39, 0.29) is 6.61 Å². The highest BCUT2D eigenvalue weighted by Gasteiger charge is 2.30. The summed E-state index contributed by atoms with van der Waals surface area (Å²) in [5.41, 5.74) is -3.00. The van der Waals surface area contributed by atoms with Gasteiger partial charge in [-0.1, -0.05) is 0 Å². The number of rotatable bonds is 9. The van der Waals surface area contributed by atoms with Crippen molar-refractivity contribution >= 4 is 40.3 Å². The summed E-state index contributed by atoms with van der Waals surface area (Å²) in [6, 6.07) is 0.894. The van der Waals surface area contributed by atoms with Gasteiger partial charge in [0.1, 0.15) is 0 Å². The van der Waals surface area contributed by atoms with Crippen molar-refractivity contribution in [2.75, 3.05) is 38.0 Å². The second-order valence-corrected chi connectivity index (χ2v) is 5.30. The molecule has 0 heterocycles. The lowest BCUT2D eigenvalue weighted by molar-refractivity contribution is -0.404. The molecule has 0 fully saturated rings. The first-order valence-corrected chi connectivity index (χ1v) is 8.01. The number of phenols is 1. The van der Waals surface area contributed by atoms with Crippen molar-refractivity contribution in [1.29, 1.82) is 0 Å². The van der Waals surface area contributed by atoms with Gasteiger partial charge in [0.25, 0.3) is 11.4 Å². The lowest BCUT2D eigenvalue weighted by atomic mass is 10.2. The molecule has 1 aromatic rings. The monoisotopic (exact) mass is 414 g/mol. The molecule has 0 unspecified atom stereocenters. The molecule has 1 aromatic carbocycles. The number of aliphatic hydroxyl groups excluding tert-OH is 1. The van der Waals surface area contributed by atoms with E-state index in [2.05, 4.69) is 0 Å². The topological polar surface area (TPSA) is 173 Å². The number of nitro benzene ring substituents is 3. The van der Waals surface area contributed by atoms with Crippen LogP contribution in [0.2, 0.25) is 0 Å². The molecule has 0 aliphatic carbocycles. The van der Waals surface area contributed by atoms with Gasteiger partial charge in [0.15, 0.2) is 0 Å². The first-order chi connectivity index (χ1) is 12.2. The fraction of sp³-hybridized carbons (Fsp3) is 0.500. The minimum Gasteiger partial charge on any atom is -0.497 e. The van der Waals surface area contributed by atoms with Crippen molar-refractivity contribution in [2.24, 2.45) is 0 Å². The van der Waals surface area contributed by atoms with Crippen LogP contribution in [0.5, 0.6) is 5.75 Å². The molecule has 0 aliphatic rings. The highest BCUT2D eigenvalue weighted by atomic mass is 35.5. The van der Waals surface area contributed by atoms with E-state index in [1.807, 2.05) is 4.90 Å². The second kappa shape index (κ2) is 12.1. The van der Waals surface area contributed by atoms with E-state index in [9.17, 15) is 30.3 Å². The van der Waals surface area contributed by atoms with Crippen molar-refractivity contribution in [3.63, 3.8) is 0 Å². The van der Waals surface area contributed by atoms with Crippen molar-refractivity contribution in [1.82, 2.24) is 4.90 Å². The summed E-state index contributed by atoms with van der Waals surface area (Å²) in [5.74, 6) is -0.0195. The number of alkyl halides is 2. The van der Waals surface area contributed by atoms with Crippen LogP contribution in [0, 0.1) is 30.3 Å². The van der Waals surface area contributed by atoms with E-state index < -0.39 is 37.6 Å². The number of non-ortho nitro benzene ring substituents is 1. The van der Waals surface area contributed by atoms with Gasteiger partial charge in [-0.15, -0.1) is 23.2 Å². The number of benzene rings is 1. The maximum atomic E-state index is 10.4. The fourth-order valence-electron chi connectivity index (χ4n) is 1.69. The van der Waals surface area contributed by atoms with Crippen LogP contribution < -0.4 is 0 Å². The summed E-state index contributed by atoms with van der Waals surface area (Å²) in [4.78, 5) is 29.8. The summed E-state index contributed by atoms with van der Waals surface area (Å²) in [6.07, 6.45) is 0. The van der Waals surface area contributed by atoms with Gasteiger partial charge >= 0.3 is 11.4 Å².